The molecular formula is C17H35NO2S. The van der Waals surface area contributed by atoms with Gasteiger partial charge in [-0.05, 0) is 31.7 Å². The average molecular weight is 318 g/mol. The van der Waals surface area contributed by atoms with Crippen molar-refractivity contribution in [3.8, 4) is 0 Å². The Labute approximate surface area is 132 Å². The van der Waals surface area contributed by atoms with E-state index in [1.54, 1.807) is 0 Å². The van der Waals surface area contributed by atoms with Crippen molar-refractivity contribution in [3.05, 3.63) is 0 Å². The number of unbranched alkanes of at least 4 members (excludes halogenated alkanes) is 6. The predicted octanol–water partition coefficient (Wildman–Crippen LogP) is 3.93. The molecule has 1 aliphatic heterocycles. The molecule has 1 rings (SSSR count). The summed E-state index contributed by atoms with van der Waals surface area (Å²) in [5, 5.41) is 3.55. The van der Waals surface area contributed by atoms with E-state index in [1.807, 2.05) is 0 Å². The van der Waals surface area contributed by atoms with Crippen LogP contribution >= 0.6 is 0 Å². The van der Waals surface area contributed by atoms with Crippen LogP contribution in [0.3, 0.4) is 0 Å². The summed E-state index contributed by atoms with van der Waals surface area (Å²) in [6.07, 6.45) is 12.5. The Hall–Kier alpha value is -0.0900. The second kappa shape index (κ2) is 10.6. The molecule has 1 saturated heterocycles. The Balaban J connectivity index is 2.15. The quantitative estimate of drug-likeness (QED) is 0.555. The first-order valence-electron chi connectivity index (χ1n) is 9.01. The van der Waals surface area contributed by atoms with Gasteiger partial charge in [-0.1, -0.05) is 58.8 Å². The van der Waals surface area contributed by atoms with Gasteiger partial charge in [0.15, 0.2) is 9.84 Å². The maximum Gasteiger partial charge on any atom is 0.150 e. The van der Waals surface area contributed by atoms with Gasteiger partial charge >= 0.3 is 0 Å². The van der Waals surface area contributed by atoms with Gasteiger partial charge in [-0.15, -0.1) is 0 Å². The van der Waals surface area contributed by atoms with Gasteiger partial charge < -0.3 is 5.32 Å². The lowest BCUT2D eigenvalue weighted by atomic mass is 9.95. The minimum absolute atomic E-state index is 0.392. The van der Waals surface area contributed by atoms with Crippen molar-refractivity contribution in [2.75, 3.05) is 18.1 Å². The maximum atomic E-state index is 11.5. The Bertz CT molecular complexity index is 354. The molecule has 0 aromatic heterocycles. The van der Waals surface area contributed by atoms with Gasteiger partial charge in [-0.3, -0.25) is 0 Å². The molecular weight excluding hydrogens is 282 g/mol. The van der Waals surface area contributed by atoms with E-state index in [4.69, 9.17) is 0 Å². The van der Waals surface area contributed by atoms with Crippen molar-refractivity contribution in [1.82, 2.24) is 5.32 Å². The SMILES string of the molecule is CCCCCCCCCC(CC1CCS(=O)(=O)C1)NCC. The summed E-state index contributed by atoms with van der Waals surface area (Å²) in [5.41, 5.74) is 0. The molecule has 2 unspecified atom stereocenters. The highest BCUT2D eigenvalue weighted by Gasteiger charge is 2.29. The van der Waals surface area contributed by atoms with E-state index < -0.39 is 9.84 Å². The van der Waals surface area contributed by atoms with Gasteiger partial charge in [-0.25, -0.2) is 8.42 Å². The van der Waals surface area contributed by atoms with Gasteiger partial charge in [-0.2, -0.15) is 0 Å². The summed E-state index contributed by atoms with van der Waals surface area (Å²) in [4.78, 5) is 0. The molecule has 1 N–H and O–H groups in total. The third-order valence-electron chi connectivity index (χ3n) is 4.59. The van der Waals surface area contributed by atoms with Gasteiger partial charge in [0.2, 0.25) is 0 Å². The Morgan fingerprint density at radius 3 is 2.29 bits per heavy atom. The second-order valence-electron chi connectivity index (χ2n) is 6.67. The summed E-state index contributed by atoms with van der Waals surface area (Å²) >= 11 is 0. The van der Waals surface area contributed by atoms with E-state index in [9.17, 15) is 8.42 Å². The van der Waals surface area contributed by atoms with Crippen LogP contribution in [0.5, 0.6) is 0 Å². The summed E-state index contributed by atoms with van der Waals surface area (Å²) in [7, 11) is -2.72. The molecule has 126 valence electrons. The third-order valence-corrected chi connectivity index (χ3v) is 6.43. The summed E-state index contributed by atoms with van der Waals surface area (Å²) in [5.74, 6) is 1.23. The highest BCUT2D eigenvalue weighted by Crippen LogP contribution is 2.24. The highest BCUT2D eigenvalue weighted by molar-refractivity contribution is 7.91. The number of hydrogen-bond donors (Lipinski definition) is 1. The van der Waals surface area contributed by atoms with Crippen LogP contribution in [0.15, 0.2) is 0 Å². The summed E-state index contributed by atoms with van der Waals surface area (Å²) in [6, 6.07) is 0.518. The largest absolute Gasteiger partial charge is 0.314 e. The van der Waals surface area contributed by atoms with Gasteiger partial charge in [0, 0.05) is 6.04 Å². The first-order valence-corrected chi connectivity index (χ1v) is 10.8. The average Bonchev–Trinajstić information content (AvgIpc) is 2.77. The van der Waals surface area contributed by atoms with E-state index in [0.29, 0.717) is 23.5 Å². The normalized spacial score (nSPS) is 22.5. The zero-order chi connectivity index (χ0) is 15.6. The minimum atomic E-state index is -2.72. The number of nitrogens with one attached hydrogen (secondary N) is 1. The molecule has 21 heavy (non-hydrogen) atoms. The monoisotopic (exact) mass is 317 g/mol. The number of rotatable bonds is 12. The van der Waals surface area contributed by atoms with Crippen LogP contribution in [0, 0.1) is 5.92 Å². The molecule has 0 radical (unpaired) electrons. The molecule has 1 aliphatic rings. The molecule has 1 fully saturated rings. The van der Waals surface area contributed by atoms with Crippen molar-refractivity contribution < 1.29 is 8.42 Å². The molecule has 4 heteroatoms. The molecule has 3 nitrogen and oxygen atoms in total. The lowest BCUT2D eigenvalue weighted by Crippen LogP contribution is -2.31. The van der Waals surface area contributed by atoms with E-state index in [-0.39, 0.29) is 0 Å². The van der Waals surface area contributed by atoms with Crippen LogP contribution < -0.4 is 5.32 Å². The van der Waals surface area contributed by atoms with E-state index in [0.717, 1.165) is 19.4 Å². The van der Waals surface area contributed by atoms with Gasteiger partial charge in [0.25, 0.3) is 0 Å². The molecule has 0 saturated carbocycles. The van der Waals surface area contributed by atoms with Crippen molar-refractivity contribution in [2.24, 2.45) is 5.92 Å². The molecule has 0 spiro atoms. The summed E-state index contributed by atoms with van der Waals surface area (Å²) in [6.45, 7) is 5.38. The van der Waals surface area contributed by atoms with E-state index >= 15 is 0 Å². The predicted molar refractivity (Wildman–Crippen MR) is 91.5 cm³/mol. The van der Waals surface area contributed by atoms with E-state index in [1.165, 1.54) is 51.4 Å². The first kappa shape index (κ1) is 19.0. The second-order valence-corrected chi connectivity index (χ2v) is 8.90. The van der Waals surface area contributed by atoms with Crippen LogP contribution in [0.4, 0.5) is 0 Å². The van der Waals surface area contributed by atoms with Crippen LogP contribution in [0.2, 0.25) is 0 Å². The topological polar surface area (TPSA) is 46.2 Å². The third kappa shape index (κ3) is 8.82. The van der Waals surface area contributed by atoms with Crippen molar-refractivity contribution in [3.63, 3.8) is 0 Å². The molecule has 0 bridgehead atoms. The van der Waals surface area contributed by atoms with Gasteiger partial charge in [0.1, 0.15) is 0 Å². The fraction of sp³-hybridized carbons (Fsp3) is 1.00. The Kier molecular flexibility index (Phi) is 9.57. The zero-order valence-corrected chi connectivity index (χ0v) is 14.9. The van der Waals surface area contributed by atoms with Crippen LogP contribution in [0.1, 0.15) is 78.1 Å². The fourth-order valence-electron chi connectivity index (χ4n) is 3.40. The highest BCUT2D eigenvalue weighted by atomic mass is 32.2. The molecule has 0 amide bonds. The number of hydrogen-bond acceptors (Lipinski definition) is 3. The minimum Gasteiger partial charge on any atom is -0.314 e. The molecule has 2 atom stereocenters. The van der Waals surface area contributed by atoms with Crippen LogP contribution in [0.25, 0.3) is 0 Å². The first-order chi connectivity index (χ1) is 10.1. The fourth-order valence-corrected chi connectivity index (χ4v) is 5.28. The standard InChI is InChI=1S/C17H35NO2S/c1-3-5-6-7-8-9-10-11-17(18-4-2)14-16-12-13-21(19,20)15-16/h16-18H,3-15H2,1-2H3. The van der Waals surface area contributed by atoms with Crippen molar-refractivity contribution >= 4 is 9.84 Å². The summed E-state index contributed by atoms with van der Waals surface area (Å²) < 4.78 is 23.1. The molecule has 0 aromatic rings. The van der Waals surface area contributed by atoms with Crippen molar-refractivity contribution in [1.29, 1.82) is 0 Å². The maximum absolute atomic E-state index is 11.5. The van der Waals surface area contributed by atoms with Crippen molar-refractivity contribution in [2.45, 2.75) is 84.1 Å². The van der Waals surface area contributed by atoms with E-state index in [2.05, 4.69) is 19.2 Å². The lowest BCUT2D eigenvalue weighted by molar-refractivity contribution is 0.380. The van der Waals surface area contributed by atoms with Crippen LogP contribution in [-0.4, -0.2) is 32.5 Å². The smallest absolute Gasteiger partial charge is 0.150 e. The molecule has 0 aromatic carbocycles. The Morgan fingerprint density at radius 2 is 1.71 bits per heavy atom. The molecule has 0 aliphatic carbocycles. The number of sulfone groups is 1. The Morgan fingerprint density at radius 1 is 1.05 bits per heavy atom. The lowest BCUT2D eigenvalue weighted by Gasteiger charge is -2.20. The zero-order valence-electron chi connectivity index (χ0n) is 14.1. The van der Waals surface area contributed by atoms with Crippen LogP contribution in [-0.2, 0) is 9.84 Å². The van der Waals surface area contributed by atoms with Gasteiger partial charge in [0.05, 0.1) is 11.5 Å². The molecule has 1 heterocycles.